The molecule has 0 spiro atoms. The summed E-state index contributed by atoms with van der Waals surface area (Å²) in [6.45, 7) is 1.89. The van der Waals surface area contributed by atoms with E-state index in [4.69, 9.17) is 10.5 Å². The van der Waals surface area contributed by atoms with Gasteiger partial charge in [0.05, 0.1) is 5.69 Å². The van der Waals surface area contributed by atoms with E-state index in [1.54, 1.807) is 12.1 Å². The van der Waals surface area contributed by atoms with Crippen LogP contribution in [0.4, 0.5) is 5.69 Å². The van der Waals surface area contributed by atoms with Gasteiger partial charge in [-0.25, -0.2) is 19.3 Å². The molecule has 7 nitrogen and oxygen atoms in total. The molecule has 0 aliphatic carbocycles. The number of rotatable bonds is 2. The van der Waals surface area contributed by atoms with Gasteiger partial charge in [-0.2, -0.15) is 5.10 Å². The van der Waals surface area contributed by atoms with E-state index in [-0.39, 0.29) is 5.69 Å². The number of nitrogens with zero attached hydrogens (tertiary/aromatic N) is 3. The smallest absolute Gasteiger partial charge is 0.348 e. The number of hydrogen-bond donors (Lipinski definition) is 2. The number of aromatic nitrogens is 4. The van der Waals surface area contributed by atoms with Gasteiger partial charge in [0.1, 0.15) is 6.33 Å². The van der Waals surface area contributed by atoms with Crippen LogP contribution >= 0.6 is 0 Å². The molecule has 2 aromatic heterocycles. The summed E-state index contributed by atoms with van der Waals surface area (Å²) >= 11 is 0. The van der Waals surface area contributed by atoms with Crippen molar-refractivity contribution < 1.29 is 4.74 Å². The second-order valence-corrected chi connectivity index (χ2v) is 4.07. The Hall–Kier alpha value is -2.83. The van der Waals surface area contributed by atoms with Crippen molar-refractivity contribution >= 4 is 11.3 Å². The first kappa shape index (κ1) is 11.3. The molecule has 0 saturated heterocycles. The van der Waals surface area contributed by atoms with E-state index in [9.17, 15) is 4.79 Å². The summed E-state index contributed by atoms with van der Waals surface area (Å²) in [5.41, 5.74) is 7.49. The number of nitrogens with two attached hydrogens (primary N) is 1. The van der Waals surface area contributed by atoms with Crippen molar-refractivity contribution in [1.82, 2.24) is 19.6 Å². The molecule has 96 valence electrons. The molecule has 3 aromatic rings. The zero-order chi connectivity index (χ0) is 13.4. The Morgan fingerprint density at radius 2 is 2.26 bits per heavy atom. The van der Waals surface area contributed by atoms with Crippen molar-refractivity contribution in [2.24, 2.45) is 0 Å². The number of aromatic amines is 1. The molecule has 1 aromatic carbocycles. The van der Waals surface area contributed by atoms with E-state index >= 15 is 0 Å². The van der Waals surface area contributed by atoms with Gasteiger partial charge >= 0.3 is 5.69 Å². The fourth-order valence-corrected chi connectivity index (χ4v) is 1.70. The van der Waals surface area contributed by atoms with Gasteiger partial charge in [0.2, 0.25) is 5.88 Å². The number of ether oxygens (including phenoxy) is 1. The zero-order valence-corrected chi connectivity index (χ0v) is 10.1. The molecule has 0 amide bonds. The van der Waals surface area contributed by atoms with E-state index in [1.165, 1.54) is 10.7 Å². The fourth-order valence-electron chi connectivity index (χ4n) is 1.70. The van der Waals surface area contributed by atoms with Crippen LogP contribution in [0.1, 0.15) is 5.56 Å². The predicted octanol–water partition coefficient (Wildman–Crippen LogP) is 1.10. The maximum absolute atomic E-state index is 11.3. The summed E-state index contributed by atoms with van der Waals surface area (Å²) < 4.78 is 6.89. The number of para-hydroxylation sites is 1. The highest BCUT2D eigenvalue weighted by molar-refractivity contribution is 5.59. The monoisotopic (exact) mass is 257 g/mol. The Morgan fingerprint density at radius 3 is 3.11 bits per heavy atom. The summed E-state index contributed by atoms with van der Waals surface area (Å²) in [6.07, 6.45) is 1.35. The maximum atomic E-state index is 11.3. The van der Waals surface area contributed by atoms with Crippen LogP contribution in [-0.4, -0.2) is 19.6 Å². The van der Waals surface area contributed by atoms with Crippen LogP contribution in [0.25, 0.3) is 5.65 Å². The van der Waals surface area contributed by atoms with Crippen molar-refractivity contribution in [3.8, 4) is 11.6 Å². The first-order chi connectivity index (χ1) is 9.15. The van der Waals surface area contributed by atoms with Crippen LogP contribution in [-0.2, 0) is 0 Å². The van der Waals surface area contributed by atoms with E-state index in [2.05, 4.69) is 15.2 Å². The molecule has 0 atom stereocenters. The number of H-pyrrole nitrogens is 1. The van der Waals surface area contributed by atoms with Gasteiger partial charge in [-0.3, -0.25) is 0 Å². The summed E-state index contributed by atoms with van der Waals surface area (Å²) in [5, 5.41) is 6.16. The van der Waals surface area contributed by atoms with Crippen molar-refractivity contribution in [3.63, 3.8) is 0 Å². The first-order valence-corrected chi connectivity index (χ1v) is 5.61. The van der Waals surface area contributed by atoms with Gasteiger partial charge in [-0.15, -0.1) is 0 Å². The van der Waals surface area contributed by atoms with E-state index < -0.39 is 0 Å². The van der Waals surface area contributed by atoms with Gasteiger partial charge in [0.25, 0.3) is 0 Å². The molecule has 0 bridgehead atoms. The van der Waals surface area contributed by atoms with Gasteiger partial charge in [0.15, 0.2) is 11.4 Å². The average Bonchev–Trinajstić information content (AvgIpc) is 2.76. The maximum Gasteiger partial charge on any atom is 0.348 e. The van der Waals surface area contributed by atoms with E-state index in [0.717, 1.165) is 5.56 Å². The number of fused-ring (bicyclic) bond motifs is 1. The van der Waals surface area contributed by atoms with E-state index in [0.29, 0.717) is 23.0 Å². The largest absolute Gasteiger partial charge is 0.437 e. The Kier molecular flexibility index (Phi) is 2.45. The molecule has 7 heteroatoms. The topological polar surface area (TPSA) is 98.3 Å². The van der Waals surface area contributed by atoms with Crippen molar-refractivity contribution in [2.75, 3.05) is 5.73 Å². The zero-order valence-electron chi connectivity index (χ0n) is 10.1. The van der Waals surface area contributed by atoms with Crippen LogP contribution in [0.15, 0.2) is 35.4 Å². The highest BCUT2D eigenvalue weighted by Crippen LogP contribution is 2.28. The standard InChI is InChI=1S/C12H11N5O2/c1-7-3-2-4-8(11(7)13)19-10-5-9-15-16-12(18)17(9)6-14-10/h2-6H,13H2,1H3,(H,16,18). The lowest BCUT2D eigenvalue weighted by Gasteiger charge is -2.08. The minimum absolute atomic E-state index is 0.323. The molecule has 0 radical (unpaired) electrons. The second-order valence-electron chi connectivity index (χ2n) is 4.07. The van der Waals surface area contributed by atoms with E-state index in [1.807, 2.05) is 19.1 Å². The van der Waals surface area contributed by atoms with Crippen LogP contribution in [0.5, 0.6) is 11.6 Å². The molecule has 0 aliphatic heterocycles. The summed E-state index contributed by atoms with van der Waals surface area (Å²) in [5.74, 6) is 0.846. The third kappa shape index (κ3) is 1.90. The minimum Gasteiger partial charge on any atom is -0.437 e. The summed E-state index contributed by atoms with van der Waals surface area (Å²) in [7, 11) is 0. The molecule has 0 aliphatic rings. The molecule has 0 unspecified atom stereocenters. The first-order valence-electron chi connectivity index (χ1n) is 5.61. The molecular weight excluding hydrogens is 246 g/mol. The van der Waals surface area contributed by atoms with Crippen molar-refractivity contribution in [1.29, 1.82) is 0 Å². The highest BCUT2D eigenvalue weighted by Gasteiger charge is 2.07. The molecule has 19 heavy (non-hydrogen) atoms. The Balaban J connectivity index is 2.01. The fraction of sp³-hybridized carbons (Fsp3) is 0.0833. The number of benzene rings is 1. The molecule has 0 saturated carbocycles. The Morgan fingerprint density at radius 1 is 1.42 bits per heavy atom. The number of hydrogen-bond acceptors (Lipinski definition) is 5. The molecule has 0 fully saturated rings. The highest BCUT2D eigenvalue weighted by atomic mass is 16.5. The molecule has 2 heterocycles. The Bertz CT molecular complexity index is 805. The lowest BCUT2D eigenvalue weighted by atomic mass is 10.2. The van der Waals surface area contributed by atoms with Gasteiger partial charge in [-0.05, 0) is 18.6 Å². The van der Waals surface area contributed by atoms with Crippen molar-refractivity contribution in [2.45, 2.75) is 6.92 Å². The number of anilines is 1. The van der Waals surface area contributed by atoms with Crippen LogP contribution < -0.4 is 16.2 Å². The van der Waals surface area contributed by atoms with Gasteiger partial charge in [-0.1, -0.05) is 12.1 Å². The summed E-state index contributed by atoms with van der Waals surface area (Å²) in [4.78, 5) is 15.3. The third-order valence-corrected chi connectivity index (χ3v) is 2.78. The predicted molar refractivity (Wildman–Crippen MR) is 69.3 cm³/mol. The number of nitrogen functional groups attached to an aromatic ring is 1. The van der Waals surface area contributed by atoms with Gasteiger partial charge in [0, 0.05) is 6.07 Å². The lowest BCUT2D eigenvalue weighted by Crippen LogP contribution is -2.09. The second kappa shape index (κ2) is 4.13. The van der Waals surface area contributed by atoms with Gasteiger partial charge < -0.3 is 10.5 Å². The number of nitrogens with one attached hydrogen (secondary N) is 1. The average molecular weight is 257 g/mol. The van der Waals surface area contributed by atoms with Crippen LogP contribution in [0, 0.1) is 6.92 Å². The van der Waals surface area contributed by atoms with Crippen molar-refractivity contribution in [3.05, 3.63) is 46.6 Å². The molecular formula is C12H11N5O2. The van der Waals surface area contributed by atoms with Crippen LogP contribution in [0.2, 0.25) is 0 Å². The molecule has 3 N–H and O–H groups in total. The van der Waals surface area contributed by atoms with Crippen LogP contribution in [0.3, 0.4) is 0 Å². The Labute approximate surface area is 107 Å². The lowest BCUT2D eigenvalue weighted by molar-refractivity contribution is 0.463. The number of aryl methyl sites for hydroxylation is 1. The normalized spacial score (nSPS) is 10.8. The quantitative estimate of drug-likeness (QED) is 0.670. The third-order valence-electron chi connectivity index (χ3n) is 2.78. The molecule has 3 rings (SSSR count). The SMILES string of the molecule is Cc1cccc(Oc2cc3n[nH]c(=O)n3cn2)c1N. The summed E-state index contributed by atoms with van der Waals surface area (Å²) in [6, 6.07) is 7.05. The minimum atomic E-state index is -0.343.